The SMILES string of the molecule is CC(C)NC1(CO)CCCC(N2CCCOCC2)C1. The topological polar surface area (TPSA) is 44.7 Å². The first kappa shape index (κ1) is 15.2. The highest BCUT2D eigenvalue weighted by Gasteiger charge is 2.38. The minimum atomic E-state index is -0.0652. The number of nitrogens with one attached hydrogen (secondary N) is 1. The molecular formula is C15H30N2O2. The highest BCUT2D eigenvalue weighted by atomic mass is 16.5. The van der Waals surface area contributed by atoms with Gasteiger partial charge in [0.15, 0.2) is 0 Å². The van der Waals surface area contributed by atoms with Gasteiger partial charge in [0, 0.05) is 37.3 Å². The van der Waals surface area contributed by atoms with Gasteiger partial charge in [0.25, 0.3) is 0 Å². The number of nitrogens with zero attached hydrogens (tertiary/aromatic N) is 1. The van der Waals surface area contributed by atoms with Gasteiger partial charge in [-0.2, -0.15) is 0 Å². The molecule has 1 aliphatic carbocycles. The van der Waals surface area contributed by atoms with E-state index >= 15 is 0 Å². The van der Waals surface area contributed by atoms with Crippen molar-refractivity contribution < 1.29 is 9.84 Å². The summed E-state index contributed by atoms with van der Waals surface area (Å²) in [5, 5.41) is 13.5. The van der Waals surface area contributed by atoms with E-state index in [2.05, 4.69) is 24.1 Å². The van der Waals surface area contributed by atoms with Crippen molar-refractivity contribution in [2.75, 3.05) is 32.9 Å². The predicted octanol–water partition coefficient (Wildman–Crippen LogP) is 1.38. The first-order valence-electron chi connectivity index (χ1n) is 7.85. The lowest BCUT2D eigenvalue weighted by Crippen LogP contribution is -2.57. The summed E-state index contributed by atoms with van der Waals surface area (Å²) in [4.78, 5) is 2.58. The lowest BCUT2D eigenvalue weighted by Gasteiger charge is -2.45. The van der Waals surface area contributed by atoms with Crippen LogP contribution in [0, 0.1) is 0 Å². The Bertz CT molecular complexity index is 265. The van der Waals surface area contributed by atoms with Gasteiger partial charge in [0.1, 0.15) is 0 Å². The molecule has 2 fully saturated rings. The molecular weight excluding hydrogens is 240 g/mol. The molecule has 1 saturated heterocycles. The first-order chi connectivity index (χ1) is 9.15. The van der Waals surface area contributed by atoms with Gasteiger partial charge in [-0.25, -0.2) is 0 Å². The molecule has 2 unspecified atom stereocenters. The van der Waals surface area contributed by atoms with Crippen LogP contribution >= 0.6 is 0 Å². The summed E-state index contributed by atoms with van der Waals surface area (Å²) in [6.07, 6.45) is 5.79. The molecule has 4 nitrogen and oxygen atoms in total. The Morgan fingerprint density at radius 1 is 1.32 bits per heavy atom. The van der Waals surface area contributed by atoms with Crippen LogP contribution in [0.1, 0.15) is 46.0 Å². The Morgan fingerprint density at radius 2 is 2.16 bits per heavy atom. The van der Waals surface area contributed by atoms with Gasteiger partial charge in [-0.05, 0) is 32.1 Å². The van der Waals surface area contributed by atoms with Gasteiger partial charge in [-0.15, -0.1) is 0 Å². The van der Waals surface area contributed by atoms with Gasteiger partial charge < -0.3 is 15.2 Å². The summed E-state index contributed by atoms with van der Waals surface area (Å²) in [6, 6.07) is 1.03. The van der Waals surface area contributed by atoms with Crippen molar-refractivity contribution in [2.24, 2.45) is 0 Å². The molecule has 1 aliphatic heterocycles. The van der Waals surface area contributed by atoms with Crippen LogP contribution in [-0.2, 0) is 4.74 Å². The Hall–Kier alpha value is -0.160. The third-order valence-electron chi connectivity index (χ3n) is 4.49. The maximum atomic E-state index is 9.86. The molecule has 1 heterocycles. The number of hydrogen-bond acceptors (Lipinski definition) is 4. The van der Waals surface area contributed by atoms with E-state index in [1.54, 1.807) is 0 Å². The molecule has 0 aromatic rings. The molecule has 0 spiro atoms. The Balaban J connectivity index is 1.97. The number of hydrogen-bond donors (Lipinski definition) is 2. The molecule has 0 aromatic heterocycles. The fourth-order valence-corrected chi connectivity index (χ4v) is 3.71. The normalized spacial score (nSPS) is 34.4. The Morgan fingerprint density at radius 3 is 2.89 bits per heavy atom. The summed E-state index contributed by atoms with van der Waals surface area (Å²) in [7, 11) is 0. The van der Waals surface area contributed by atoms with Crippen LogP contribution in [0.2, 0.25) is 0 Å². The van der Waals surface area contributed by atoms with E-state index in [0.29, 0.717) is 12.1 Å². The molecule has 112 valence electrons. The number of aliphatic hydroxyl groups excluding tert-OH is 1. The van der Waals surface area contributed by atoms with E-state index in [1.165, 1.54) is 12.8 Å². The lowest BCUT2D eigenvalue weighted by atomic mass is 9.78. The Labute approximate surface area is 117 Å². The van der Waals surface area contributed by atoms with Crippen LogP contribution in [0.4, 0.5) is 0 Å². The number of ether oxygens (including phenoxy) is 1. The van der Waals surface area contributed by atoms with E-state index in [0.717, 1.165) is 45.6 Å². The van der Waals surface area contributed by atoms with Crippen molar-refractivity contribution in [3.8, 4) is 0 Å². The van der Waals surface area contributed by atoms with Gasteiger partial charge in [0.2, 0.25) is 0 Å². The second-order valence-corrected chi connectivity index (χ2v) is 6.49. The van der Waals surface area contributed by atoms with E-state index in [4.69, 9.17) is 4.74 Å². The maximum absolute atomic E-state index is 9.86. The zero-order chi connectivity index (χ0) is 13.7. The fourth-order valence-electron chi connectivity index (χ4n) is 3.71. The zero-order valence-electron chi connectivity index (χ0n) is 12.5. The second kappa shape index (κ2) is 7.02. The van der Waals surface area contributed by atoms with Crippen molar-refractivity contribution >= 4 is 0 Å². The molecule has 4 heteroatoms. The molecule has 19 heavy (non-hydrogen) atoms. The first-order valence-corrected chi connectivity index (χ1v) is 7.85. The molecule has 2 atom stereocenters. The van der Waals surface area contributed by atoms with Gasteiger partial charge >= 0.3 is 0 Å². The number of aliphatic hydroxyl groups is 1. The van der Waals surface area contributed by atoms with Crippen LogP contribution in [0.25, 0.3) is 0 Å². The molecule has 1 saturated carbocycles. The van der Waals surface area contributed by atoms with E-state index in [9.17, 15) is 5.11 Å². The molecule has 0 radical (unpaired) electrons. The monoisotopic (exact) mass is 270 g/mol. The summed E-state index contributed by atoms with van der Waals surface area (Å²) >= 11 is 0. The highest BCUT2D eigenvalue weighted by Crippen LogP contribution is 2.32. The summed E-state index contributed by atoms with van der Waals surface area (Å²) in [5.41, 5.74) is -0.0652. The minimum Gasteiger partial charge on any atom is -0.394 e. The van der Waals surface area contributed by atoms with Gasteiger partial charge in [0.05, 0.1) is 13.2 Å². The molecule has 0 aromatic carbocycles. The Kier molecular flexibility index (Phi) is 5.63. The average Bonchev–Trinajstić information content (AvgIpc) is 2.67. The van der Waals surface area contributed by atoms with E-state index in [-0.39, 0.29) is 12.1 Å². The third kappa shape index (κ3) is 4.15. The largest absolute Gasteiger partial charge is 0.394 e. The summed E-state index contributed by atoms with van der Waals surface area (Å²) < 4.78 is 5.55. The molecule has 0 bridgehead atoms. The van der Waals surface area contributed by atoms with E-state index < -0.39 is 0 Å². The lowest BCUT2D eigenvalue weighted by molar-refractivity contribution is 0.0518. The van der Waals surface area contributed by atoms with Crippen molar-refractivity contribution in [3.63, 3.8) is 0 Å². The fraction of sp³-hybridized carbons (Fsp3) is 1.00. The second-order valence-electron chi connectivity index (χ2n) is 6.49. The van der Waals surface area contributed by atoms with Gasteiger partial charge in [-0.3, -0.25) is 4.90 Å². The molecule has 2 rings (SSSR count). The van der Waals surface area contributed by atoms with Crippen molar-refractivity contribution in [3.05, 3.63) is 0 Å². The molecule has 2 aliphatic rings. The van der Waals surface area contributed by atoms with Crippen LogP contribution in [-0.4, -0.2) is 60.5 Å². The average molecular weight is 270 g/mol. The van der Waals surface area contributed by atoms with Crippen molar-refractivity contribution in [2.45, 2.75) is 63.6 Å². The third-order valence-corrected chi connectivity index (χ3v) is 4.49. The summed E-state index contributed by atoms with van der Waals surface area (Å²) in [5.74, 6) is 0. The molecule has 0 amide bonds. The van der Waals surface area contributed by atoms with E-state index in [1.807, 2.05) is 0 Å². The maximum Gasteiger partial charge on any atom is 0.0613 e. The van der Waals surface area contributed by atoms with Crippen LogP contribution < -0.4 is 5.32 Å². The smallest absolute Gasteiger partial charge is 0.0613 e. The van der Waals surface area contributed by atoms with Crippen LogP contribution in [0.15, 0.2) is 0 Å². The van der Waals surface area contributed by atoms with Gasteiger partial charge in [-0.1, -0.05) is 13.8 Å². The van der Waals surface area contributed by atoms with Crippen LogP contribution in [0.3, 0.4) is 0 Å². The highest BCUT2D eigenvalue weighted by molar-refractivity contribution is 4.97. The number of rotatable bonds is 4. The minimum absolute atomic E-state index is 0.0652. The zero-order valence-corrected chi connectivity index (χ0v) is 12.5. The summed E-state index contributed by atoms with van der Waals surface area (Å²) in [6.45, 7) is 8.55. The standard InChI is InChI=1S/C15H30N2O2/c1-13(2)16-15(12-18)6-3-5-14(11-15)17-7-4-9-19-10-8-17/h13-14,16,18H,3-12H2,1-2H3. The van der Waals surface area contributed by atoms with Crippen LogP contribution in [0.5, 0.6) is 0 Å². The van der Waals surface area contributed by atoms with Crippen molar-refractivity contribution in [1.29, 1.82) is 0 Å². The van der Waals surface area contributed by atoms with Crippen molar-refractivity contribution in [1.82, 2.24) is 10.2 Å². The predicted molar refractivity (Wildman–Crippen MR) is 77.4 cm³/mol. The quantitative estimate of drug-likeness (QED) is 0.810. The molecule has 2 N–H and O–H groups in total.